The summed E-state index contributed by atoms with van der Waals surface area (Å²) in [6, 6.07) is -0.758. The highest BCUT2D eigenvalue weighted by molar-refractivity contribution is 7.88. The molecule has 0 bridgehead atoms. The monoisotopic (exact) mass is 389 g/mol. The normalized spacial score (nSPS) is 30.4. The lowest BCUT2D eigenvalue weighted by Gasteiger charge is -2.41. The van der Waals surface area contributed by atoms with Crippen LogP contribution in [0.5, 0.6) is 0 Å². The van der Waals surface area contributed by atoms with Crippen LogP contribution in [0.25, 0.3) is 0 Å². The summed E-state index contributed by atoms with van der Waals surface area (Å²) < 4.78 is 32.3. The van der Waals surface area contributed by atoms with Gasteiger partial charge in [0.1, 0.15) is 0 Å². The van der Waals surface area contributed by atoms with Crippen LogP contribution in [0.15, 0.2) is 0 Å². The molecule has 26 heavy (non-hydrogen) atoms. The molecule has 8 heteroatoms. The molecule has 0 aromatic rings. The molecule has 1 aliphatic heterocycles. The van der Waals surface area contributed by atoms with Crippen molar-refractivity contribution in [2.75, 3.05) is 26.5 Å². The van der Waals surface area contributed by atoms with Crippen molar-refractivity contribution in [2.45, 2.75) is 70.6 Å². The summed E-state index contributed by atoms with van der Waals surface area (Å²) in [7, 11) is -1.74. The van der Waals surface area contributed by atoms with Gasteiger partial charge in [0.2, 0.25) is 10.0 Å². The van der Waals surface area contributed by atoms with Crippen LogP contribution in [0.3, 0.4) is 0 Å². The standard InChI is InChI=1S/C18H35N3O4S/c1-13(2)14-7-9-15(10-8-14)25-12-17-16(20-26(4,23)24)6-5-11-21(17)18(22)19-3/h13-17,20H,5-12H2,1-4H3,(H,19,22)/t14-,15+,16-,17-/m0/s1. The number of carbonyl (C=O) groups is 1. The second kappa shape index (κ2) is 9.37. The molecule has 2 fully saturated rings. The van der Waals surface area contributed by atoms with E-state index in [1.807, 2.05) is 0 Å². The summed E-state index contributed by atoms with van der Waals surface area (Å²) in [5.74, 6) is 1.48. The van der Waals surface area contributed by atoms with Crippen molar-refractivity contribution < 1.29 is 17.9 Å². The number of nitrogens with one attached hydrogen (secondary N) is 2. The number of hydrogen-bond donors (Lipinski definition) is 2. The molecule has 2 aliphatic rings. The van der Waals surface area contributed by atoms with Crippen molar-refractivity contribution in [1.29, 1.82) is 0 Å². The van der Waals surface area contributed by atoms with E-state index in [0.717, 1.165) is 31.4 Å². The zero-order valence-corrected chi connectivity index (χ0v) is 17.3. The van der Waals surface area contributed by atoms with Crippen LogP contribution in [0.2, 0.25) is 0 Å². The SMILES string of the molecule is CNC(=O)N1CCC[C@H](NS(C)(=O)=O)[C@@H]1CO[C@H]1CC[C@@H](C(C)C)CC1. The van der Waals surface area contributed by atoms with Gasteiger partial charge in [-0.2, -0.15) is 0 Å². The summed E-state index contributed by atoms with van der Waals surface area (Å²) in [6.45, 7) is 5.54. The number of ether oxygens (including phenoxy) is 1. The Morgan fingerprint density at radius 2 is 1.85 bits per heavy atom. The number of nitrogens with zero attached hydrogens (tertiary/aromatic N) is 1. The highest BCUT2D eigenvalue weighted by atomic mass is 32.2. The Labute approximate surface area is 158 Å². The van der Waals surface area contributed by atoms with Gasteiger partial charge >= 0.3 is 6.03 Å². The molecule has 1 heterocycles. The largest absolute Gasteiger partial charge is 0.376 e. The van der Waals surface area contributed by atoms with Crippen LogP contribution in [-0.2, 0) is 14.8 Å². The van der Waals surface area contributed by atoms with Crippen LogP contribution in [0.1, 0.15) is 52.4 Å². The number of likely N-dealkylation sites (tertiary alicyclic amines) is 1. The van der Waals surface area contributed by atoms with Gasteiger partial charge in [-0.05, 0) is 50.4 Å². The second-order valence-electron chi connectivity index (χ2n) is 8.07. The van der Waals surface area contributed by atoms with Crippen LogP contribution < -0.4 is 10.0 Å². The first-order valence-corrected chi connectivity index (χ1v) is 11.7. The third kappa shape index (κ3) is 6.09. The summed E-state index contributed by atoms with van der Waals surface area (Å²) >= 11 is 0. The number of amides is 2. The predicted octanol–water partition coefficient (Wildman–Crippen LogP) is 1.94. The summed E-state index contributed by atoms with van der Waals surface area (Å²) in [5.41, 5.74) is 0. The van der Waals surface area contributed by atoms with Crippen LogP contribution in [0.4, 0.5) is 4.79 Å². The number of hydrogen-bond acceptors (Lipinski definition) is 4. The molecule has 2 rings (SSSR count). The maximum absolute atomic E-state index is 12.2. The average Bonchev–Trinajstić information content (AvgIpc) is 2.58. The molecule has 0 radical (unpaired) electrons. The molecule has 0 spiro atoms. The minimum absolute atomic E-state index is 0.179. The minimum Gasteiger partial charge on any atom is -0.376 e. The Morgan fingerprint density at radius 1 is 1.19 bits per heavy atom. The Morgan fingerprint density at radius 3 is 2.38 bits per heavy atom. The molecule has 2 amide bonds. The fourth-order valence-corrected chi connectivity index (χ4v) is 5.05. The van der Waals surface area contributed by atoms with Gasteiger partial charge in [-0.15, -0.1) is 0 Å². The van der Waals surface area contributed by atoms with Gasteiger partial charge in [0.15, 0.2) is 0 Å². The number of sulfonamides is 1. The molecule has 7 nitrogen and oxygen atoms in total. The van der Waals surface area contributed by atoms with E-state index in [4.69, 9.17) is 4.74 Å². The predicted molar refractivity (Wildman–Crippen MR) is 102 cm³/mol. The first-order valence-electron chi connectivity index (χ1n) is 9.78. The number of carbonyl (C=O) groups excluding carboxylic acids is 1. The van der Waals surface area contributed by atoms with E-state index in [9.17, 15) is 13.2 Å². The van der Waals surface area contributed by atoms with Crippen molar-refractivity contribution in [2.24, 2.45) is 11.8 Å². The third-order valence-electron chi connectivity index (χ3n) is 5.78. The highest BCUT2D eigenvalue weighted by Gasteiger charge is 2.36. The number of rotatable bonds is 6. The van der Waals surface area contributed by atoms with E-state index in [0.29, 0.717) is 25.5 Å². The average molecular weight is 390 g/mol. The van der Waals surface area contributed by atoms with Gasteiger partial charge in [-0.25, -0.2) is 17.9 Å². The maximum Gasteiger partial charge on any atom is 0.317 e. The molecular weight excluding hydrogens is 354 g/mol. The molecule has 0 aromatic carbocycles. The van der Waals surface area contributed by atoms with Crippen molar-refractivity contribution in [1.82, 2.24) is 14.9 Å². The molecule has 0 unspecified atom stereocenters. The number of piperidine rings is 1. The molecule has 0 aromatic heterocycles. The topological polar surface area (TPSA) is 87.7 Å². The smallest absolute Gasteiger partial charge is 0.317 e. The Hall–Kier alpha value is -0.860. The van der Waals surface area contributed by atoms with Crippen LogP contribution in [-0.4, -0.2) is 64.0 Å². The number of urea groups is 1. The Balaban J connectivity index is 1.98. The van der Waals surface area contributed by atoms with Gasteiger partial charge in [0, 0.05) is 19.6 Å². The van der Waals surface area contributed by atoms with E-state index >= 15 is 0 Å². The third-order valence-corrected chi connectivity index (χ3v) is 6.51. The summed E-state index contributed by atoms with van der Waals surface area (Å²) in [6.07, 6.45) is 7.30. The molecule has 2 N–H and O–H groups in total. The van der Waals surface area contributed by atoms with Crippen molar-refractivity contribution in [3.05, 3.63) is 0 Å². The Bertz CT molecular complexity index is 559. The van der Waals surface area contributed by atoms with E-state index in [1.54, 1.807) is 11.9 Å². The van der Waals surface area contributed by atoms with Crippen molar-refractivity contribution in [3.8, 4) is 0 Å². The molecule has 2 atom stereocenters. The van der Waals surface area contributed by atoms with Gasteiger partial charge in [0.25, 0.3) is 0 Å². The first kappa shape index (κ1) is 21.4. The van der Waals surface area contributed by atoms with Crippen LogP contribution in [0, 0.1) is 11.8 Å². The zero-order chi connectivity index (χ0) is 19.3. The zero-order valence-electron chi connectivity index (χ0n) is 16.5. The van der Waals surface area contributed by atoms with E-state index in [-0.39, 0.29) is 24.2 Å². The van der Waals surface area contributed by atoms with E-state index < -0.39 is 10.0 Å². The summed E-state index contributed by atoms with van der Waals surface area (Å²) in [4.78, 5) is 14.0. The molecule has 1 saturated heterocycles. The quantitative estimate of drug-likeness (QED) is 0.727. The van der Waals surface area contributed by atoms with Crippen molar-refractivity contribution in [3.63, 3.8) is 0 Å². The fraction of sp³-hybridized carbons (Fsp3) is 0.944. The molecule has 152 valence electrons. The van der Waals surface area contributed by atoms with Gasteiger partial charge in [0.05, 0.1) is 25.0 Å². The van der Waals surface area contributed by atoms with E-state index in [2.05, 4.69) is 23.9 Å². The van der Waals surface area contributed by atoms with Gasteiger partial charge in [-0.1, -0.05) is 13.8 Å². The van der Waals surface area contributed by atoms with Gasteiger partial charge < -0.3 is 15.0 Å². The highest BCUT2D eigenvalue weighted by Crippen LogP contribution is 2.31. The molecule has 1 saturated carbocycles. The lowest BCUT2D eigenvalue weighted by atomic mass is 9.80. The molecule has 1 aliphatic carbocycles. The molecular formula is C18H35N3O4S. The summed E-state index contributed by atoms with van der Waals surface area (Å²) in [5, 5.41) is 2.66. The second-order valence-corrected chi connectivity index (χ2v) is 9.85. The van der Waals surface area contributed by atoms with E-state index in [1.165, 1.54) is 12.8 Å². The van der Waals surface area contributed by atoms with Crippen molar-refractivity contribution >= 4 is 16.1 Å². The Kier molecular flexibility index (Phi) is 7.73. The first-order chi connectivity index (χ1) is 12.2. The fourth-order valence-electron chi connectivity index (χ4n) is 4.23. The lowest BCUT2D eigenvalue weighted by Crippen LogP contribution is -2.60. The lowest BCUT2D eigenvalue weighted by molar-refractivity contribution is -0.0239. The maximum atomic E-state index is 12.2. The minimum atomic E-state index is -3.34. The van der Waals surface area contributed by atoms with Crippen LogP contribution >= 0.6 is 0 Å². The van der Waals surface area contributed by atoms with Gasteiger partial charge in [-0.3, -0.25) is 0 Å².